The van der Waals surface area contributed by atoms with Gasteiger partial charge >= 0.3 is 0 Å². The van der Waals surface area contributed by atoms with Crippen molar-refractivity contribution in [3.8, 4) is 0 Å². The monoisotopic (exact) mass is 255 g/mol. The number of fused-ring (bicyclic) bond motifs is 1. The summed E-state index contributed by atoms with van der Waals surface area (Å²) in [6.07, 6.45) is 3.30. The summed E-state index contributed by atoms with van der Waals surface area (Å²) in [5, 5.41) is 14.6. The molecule has 3 rings (SSSR count). The highest BCUT2D eigenvalue weighted by molar-refractivity contribution is 5.44. The van der Waals surface area contributed by atoms with Crippen molar-refractivity contribution in [2.24, 2.45) is 5.73 Å². The molecule has 0 atom stereocenters. The number of nitrogens with zero attached hydrogens (tertiary/aromatic N) is 5. The van der Waals surface area contributed by atoms with Gasteiger partial charge in [0, 0.05) is 13.1 Å². The molecule has 19 heavy (non-hydrogen) atoms. The first kappa shape index (κ1) is 11.5. The number of anilines is 1. The fourth-order valence-electron chi connectivity index (χ4n) is 1.86. The number of hydrogen-bond acceptors (Lipinski definition) is 6. The molecule has 2 aromatic heterocycles. The van der Waals surface area contributed by atoms with E-state index < -0.39 is 0 Å². The summed E-state index contributed by atoms with van der Waals surface area (Å²) in [6, 6.07) is 8.11. The number of tetrazole rings is 1. The van der Waals surface area contributed by atoms with Crippen molar-refractivity contribution in [1.29, 1.82) is 0 Å². The molecular weight excluding hydrogens is 242 g/mol. The molecule has 0 fully saturated rings. The Kier molecular flexibility index (Phi) is 3.03. The van der Waals surface area contributed by atoms with Crippen LogP contribution in [-0.4, -0.2) is 25.0 Å². The van der Waals surface area contributed by atoms with E-state index in [2.05, 4.69) is 31.9 Å². The lowest BCUT2D eigenvalue weighted by atomic mass is 10.1. The Hall–Kier alpha value is -2.54. The summed E-state index contributed by atoms with van der Waals surface area (Å²) in [5.74, 6) is 0.751. The SMILES string of the molecule is NCc1cccc(CNc2cncc3nnnn23)c1. The number of nitrogens with two attached hydrogens (primary N) is 1. The van der Waals surface area contributed by atoms with E-state index in [0.29, 0.717) is 18.7 Å². The van der Waals surface area contributed by atoms with Crippen LogP contribution in [0.3, 0.4) is 0 Å². The third-order valence-electron chi connectivity index (χ3n) is 2.81. The van der Waals surface area contributed by atoms with E-state index in [1.807, 2.05) is 18.2 Å². The summed E-state index contributed by atoms with van der Waals surface area (Å²) >= 11 is 0. The zero-order valence-corrected chi connectivity index (χ0v) is 10.2. The van der Waals surface area contributed by atoms with Crippen LogP contribution in [0.4, 0.5) is 5.82 Å². The van der Waals surface area contributed by atoms with Gasteiger partial charge in [-0.1, -0.05) is 24.3 Å². The van der Waals surface area contributed by atoms with Crippen LogP contribution < -0.4 is 11.1 Å². The van der Waals surface area contributed by atoms with Gasteiger partial charge in [-0.25, -0.2) is 0 Å². The van der Waals surface area contributed by atoms with Gasteiger partial charge in [-0.2, -0.15) is 4.52 Å². The Balaban J connectivity index is 1.80. The molecular formula is C12H13N7. The first-order chi connectivity index (χ1) is 9.36. The van der Waals surface area contributed by atoms with Gasteiger partial charge in [0.1, 0.15) is 0 Å². The van der Waals surface area contributed by atoms with Gasteiger partial charge < -0.3 is 11.1 Å². The van der Waals surface area contributed by atoms with Crippen molar-refractivity contribution in [2.45, 2.75) is 13.1 Å². The molecule has 0 aliphatic heterocycles. The summed E-state index contributed by atoms with van der Waals surface area (Å²) in [4.78, 5) is 4.09. The van der Waals surface area contributed by atoms with E-state index in [1.54, 1.807) is 16.9 Å². The normalized spacial score (nSPS) is 10.8. The molecule has 0 saturated carbocycles. The number of nitrogens with one attached hydrogen (secondary N) is 1. The van der Waals surface area contributed by atoms with Gasteiger partial charge in [0.25, 0.3) is 0 Å². The summed E-state index contributed by atoms with van der Waals surface area (Å²) in [5.41, 5.74) is 8.49. The second-order valence-corrected chi connectivity index (χ2v) is 4.12. The van der Waals surface area contributed by atoms with E-state index in [0.717, 1.165) is 16.9 Å². The topological polar surface area (TPSA) is 94.0 Å². The smallest absolute Gasteiger partial charge is 0.199 e. The lowest BCUT2D eigenvalue weighted by Crippen LogP contribution is -2.06. The van der Waals surface area contributed by atoms with Gasteiger partial charge in [0.05, 0.1) is 12.4 Å². The highest BCUT2D eigenvalue weighted by atomic mass is 15.5. The van der Waals surface area contributed by atoms with E-state index in [1.165, 1.54) is 0 Å². The van der Waals surface area contributed by atoms with Gasteiger partial charge in [0.2, 0.25) is 0 Å². The fraction of sp³-hybridized carbons (Fsp3) is 0.167. The minimum absolute atomic E-state index is 0.540. The zero-order valence-electron chi connectivity index (χ0n) is 10.2. The standard InChI is InChI=1S/C12H13N7/c13-5-9-2-1-3-10(4-9)6-15-11-7-14-8-12-16-17-18-19(11)12/h1-4,7-8,15H,5-6,13H2. The molecule has 0 aliphatic carbocycles. The molecule has 3 N–H and O–H groups in total. The predicted octanol–water partition coefficient (Wildman–Crippen LogP) is 0.590. The molecule has 0 radical (unpaired) electrons. The molecule has 7 nitrogen and oxygen atoms in total. The number of benzene rings is 1. The van der Waals surface area contributed by atoms with Crippen LogP contribution in [0.1, 0.15) is 11.1 Å². The molecule has 0 aliphatic rings. The number of aromatic nitrogens is 5. The Morgan fingerprint density at radius 1 is 1.21 bits per heavy atom. The molecule has 0 amide bonds. The maximum Gasteiger partial charge on any atom is 0.199 e. The van der Waals surface area contributed by atoms with Crippen molar-refractivity contribution in [3.63, 3.8) is 0 Å². The minimum Gasteiger partial charge on any atom is -0.365 e. The quantitative estimate of drug-likeness (QED) is 0.708. The molecule has 0 bridgehead atoms. The third-order valence-corrected chi connectivity index (χ3v) is 2.81. The Labute approximate surface area is 109 Å². The number of hydrogen-bond donors (Lipinski definition) is 2. The van der Waals surface area contributed by atoms with Crippen molar-refractivity contribution in [1.82, 2.24) is 25.0 Å². The van der Waals surface area contributed by atoms with Crippen molar-refractivity contribution in [3.05, 3.63) is 47.8 Å². The molecule has 96 valence electrons. The third kappa shape index (κ3) is 2.36. The summed E-state index contributed by atoms with van der Waals surface area (Å²) < 4.78 is 1.61. The molecule has 0 saturated heterocycles. The van der Waals surface area contributed by atoms with E-state index in [-0.39, 0.29) is 0 Å². The van der Waals surface area contributed by atoms with Crippen LogP contribution in [-0.2, 0) is 13.1 Å². The van der Waals surface area contributed by atoms with Crippen LogP contribution in [0, 0.1) is 0 Å². The van der Waals surface area contributed by atoms with Gasteiger partial charge in [-0.3, -0.25) is 4.98 Å². The molecule has 1 aromatic carbocycles. The minimum atomic E-state index is 0.540. The average molecular weight is 255 g/mol. The second kappa shape index (κ2) is 4.99. The number of rotatable bonds is 4. The van der Waals surface area contributed by atoms with E-state index >= 15 is 0 Å². The first-order valence-electron chi connectivity index (χ1n) is 5.90. The second-order valence-electron chi connectivity index (χ2n) is 4.12. The van der Waals surface area contributed by atoms with E-state index in [4.69, 9.17) is 5.73 Å². The van der Waals surface area contributed by atoms with Crippen LogP contribution in [0.5, 0.6) is 0 Å². The van der Waals surface area contributed by atoms with Crippen LogP contribution in [0.25, 0.3) is 5.65 Å². The molecule has 2 heterocycles. The van der Waals surface area contributed by atoms with Crippen molar-refractivity contribution in [2.75, 3.05) is 5.32 Å². The van der Waals surface area contributed by atoms with Crippen LogP contribution in [0.2, 0.25) is 0 Å². The Morgan fingerprint density at radius 2 is 2.11 bits per heavy atom. The van der Waals surface area contributed by atoms with Gasteiger partial charge in [-0.15, -0.1) is 5.10 Å². The van der Waals surface area contributed by atoms with Crippen LogP contribution >= 0.6 is 0 Å². The average Bonchev–Trinajstić information content (AvgIpc) is 2.94. The lowest BCUT2D eigenvalue weighted by molar-refractivity contribution is 0.819. The maximum absolute atomic E-state index is 5.63. The molecule has 7 heteroatoms. The Bertz CT molecular complexity index is 691. The molecule has 3 aromatic rings. The summed E-state index contributed by atoms with van der Waals surface area (Å²) in [7, 11) is 0. The van der Waals surface area contributed by atoms with Gasteiger partial charge in [0.15, 0.2) is 11.5 Å². The Morgan fingerprint density at radius 3 is 3.00 bits per heavy atom. The maximum atomic E-state index is 5.63. The highest BCUT2D eigenvalue weighted by Gasteiger charge is 2.03. The highest BCUT2D eigenvalue weighted by Crippen LogP contribution is 2.10. The zero-order chi connectivity index (χ0) is 13.1. The van der Waals surface area contributed by atoms with Crippen LogP contribution in [0.15, 0.2) is 36.7 Å². The molecule has 0 unspecified atom stereocenters. The predicted molar refractivity (Wildman–Crippen MR) is 70.2 cm³/mol. The van der Waals surface area contributed by atoms with Gasteiger partial charge in [-0.05, 0) is 21.6 Å². The molecule has 0 spiro atoms. The summed E-state index contributed by atoms with van der Waals surface area (Å²) in [6.45, 7) is 1.20. The fourth-order valence-corrected chi connectivity index (χ4v) is 1.86. The van der Waals surface area contributed by atoms with Crippen molar-refractivity contribution < 1.29 is 0 Å². The lowest BCUT2D eigenvalue weighted by Gasteiger charge is -2.07. The first-order valence-corrected chi connectivity index (χ1v) is 5.90. The largest absolute Gasteiger partial charge is 0.365 e. The van der Waals surface area contributed by atoms with E-state index in [9.17, 15) is 0 Å². The van der Waals surface area contributed by atoms with Crippen molar-refractivity contribution >= 4 is 11.5 Å².